The number of rotatable bonds is 4. The number of hydrogen-bond donors (Lipinski definition) is 0. The summed E-state index contributed by atoms with van der Waals surface area (Å²) in [4.78, 5) is 5.18. The average Bonchev–Trinajstić information content (AvgIpc) is 3.61. The van der Waals surface area contributed by atoms with Crippen LogP contribution in [-0.2, 0) is 10.8 Å². The van der Waals surface area contributed by atoms with Crippen LogP contribution in [0.2, 0.25) is 0 Å². The highest BCUT2D eigenvalue weighted by molar-refractivity contribution is 6.20. The van der Waals surface area contributed by atoms with Gasteiger partial charge in [0.15, 0.2) is 0 Å². The van der Waals surface area contributed by atoms with Crippen LogP contribution in [0.5, 0.6) is 0 Å². The summed E-state index contributed by atoms with van der Waals surface area (Å²) < 4.78 is 0. The second kappa shape index (κ2) is 12.0. The Morgan fingerprint density at radius 2 is 0.696 bits per heavy atom. The predicted molar refractivity (Wildman–Crippen MR) is 236 cm³/mol. The first-order valence-electron chi connectivity index (χ1n) is 19.8. The van der Waals surface area contributed by atoms with Gasteiger partial charge in [0, 0.05) is 28.0 Å². The molecule has 0 atom stereocenters. The maximum atomic E-state index is 5.18. The van der Waals surface area contributed by atoms with Crippen molar-refractivity contribution in [1.82, 2.24) is 4.98 Å². The molecule has 9 aromatic rings. The first-order chi connectivity index (χ1) is 27.3. The lowest BCUT2D eigenvalue weighted by molar-refractivity contribution is 0.660. The molecule has 0 aliphatic heterocycles. The molecular formula is C55H41N. The molecule has 0 N–H and O–H groups in total. The van der Waals surface area contributed by atoms with Crippen LogP contribution >= 0.6 is 0 Å². The van der Waals surface area contributed by atoms with E-state index in [4.69, 9.17) is 4.98 Å². The van der Waals surface area contributed by atoms with Crippen molar-refractivity contribution < 1.29 is 0 Å². The largest absolute Gasteiger partial charge is 0.256 e. The Morgan fingerprint density at radius 1 is 0.321 bits per heavy atom. The minimum atomic E-state index is -0.152. The van der Waals surface area contributed by atoms with Crippen molar-refractivity contribution in [2.24, 2.45) is 0 Å². The molecule has 0 saturated carbocycles. The first-order valence-corrected chi connectivity index (χ1v) is 19.8. The fourth-order valence-electron chi connectivity index (χ4n) is 10.0. The molecule has 0 spiro atoms. The molecule has 0 radical (unpaired) electrons. The lowest BCUT2D eigenvalue weighted by atomic mass is 9.79. The molecule has 0 amide bonds. The van der Waals surface area contributed by atoms with Crippen molar-refractivity contribution in [3.63, 3.8) is 0 Å². The Hall–Kier alpha value is -6.57. The number of pyridine rings is 1. The van der Waals surface area contributed by atoms with Crippen LogP contribution in [0, 0.1) is 0 Å². The molecule has 0 fully saturated rings. The summed E-state index contributed by atoms with van der Waals surface area (Å²) in [5.74, 6) is 0. The van der Waals surface area contributed by atoms with Crippen molar-refractivity contribution in [3.05, 3.63) is 198 Å². The smallest absolute Gasteiger partial charge is 0.0792 e. The van der Waals surface area contributed by atoms with E-state index >= 15 is 0 Å². The highest BCUT2D eigenvalue weighted by Crippen LogP contribution is 2.54. The van der Waals surface area contributed by atoms with Gasteiger partial charge >= 0.3 is 0 Å². The van der Waals surface area contributed by atoms with Crippen molar-refractivity contribution >= 4 is 21.7 Å². The summed E-state index contributed by atoms with van der Waals surface area (Å²) in [7, 11) is 0. The number of hydrogen-bond acceptors (Lipinski definition) is 1. The highest BCUT2D eigenvalue weighted by atomic mass is 14.7. The second-order valence-electron chi connectivity index (χ2n) is 16.7. The third kappa shape index (κ3) is 4.70. The molecule has 8 aromatic carbocycles. The van der Waals surface area contributed by atoms with Crippen LogP contribution in [0.3, 0.4) is 0 Å². The summed E-state index contributed by atoms with van der Waals surface area (Å²) >= 11 is 0. The topological polar surface area (TPSA) is 12.9 Å². The van der Waals surface area contributed by atoms with E-state index in [0.29, 0.717) is 0 Å². The summed E-state index contributed by atoms with van der Waals surface area (Å²) in [5, 5.41) is 3.65. The van der Waals surface area contributed by atoms with Crippen LogP contribution in [0.15, 0.2) is 176 Å². The molecule has 2 aliphatic carbocycles. The normalized spacial score (nSPS) is 14.4. The van der Waals surface area contributed by atoms with Crippen molar-refractivity contribution in [3.8, 4) is 66.8 Å². The van der Waals surface area contributed by atoms with E-state index in [1.807, 2.05) is 6.20 Å². The Bertz CT molecular complexity index is 2790. The van der Waals surface area contributed by atoms with E-state index in [0.717, 1.165) is 5.52 Å². The zero-order valence-electron chi connectivity index (χ0n) is 32.2. The molecule has 1 heteroatoms. The summed E-state index contributed by atoms with van der Waals surface area (Å²) in [6.45, 7) is 9.52. The molecule has 56 heavy (non-hydrogen) atoms. The van der Waals surface area contributed by atoms with Crippen molar-refractivity contribution in [2.75, 3.05) is 0 Å². The lowest BCUT2D eigenvalue weighted by Crippen LogP contribution is -2.15. The number of nitrogens with zero attached hydrogens (tertiary/aromatic N) is 1. The van der Waals surface area contributed by atoms with Crippen LogP contribution < -0.4 is 0 Å². The Morgan fingerprint density at radius 3 is 1.18 bits per heavy atom. The van der Waals surface area contributed by atoms with E-state index in [2.05, 4.69) is 198 Å². The third-order valence-corrected chi connectivity index (χ3v) is 12.9. The van der Waals surface area contributed by atoms with Gasteiger partial charge in [0.05, 0.1) is 5.52 Å². The van der Waals surface area contributed by atoms with Gasteiger partial charge in [-0.2, -0.15) is 0 Å². The zero-order valence-corrected chi connectivity index (χ0v) is 32.2. The highest BCUT2D eigenvalue weighted by Gasteiger charge is 2.38. The Balaban J connectivity index is 1.06. The van der Waals surface area contributed by atoms with Crippen molar-refractivity contribution in [2.45, 2.75) is 38.5 Å². The first kappa shape index (κ1) is 32.8. The van der Waals surface area contributed by atoms with Gasteiger partial charge in [-0.25, -0.2) is 0 Å². The van der Waals surface area contributed by atoms with E-state index in [1.54, 1.807) is 0 Å². The average molecular weight is 716 g/mol. The molecular weight excluding hydrogens is 675 g/mol. The maximum absolute atomic E-state index is 5.18. The molecule has 11 rings (SSSR count). The van der Waals surface area contributed by atoms with Gasteiger partial charge in [-0.15, -0.1) is 0 Å². The third-order valence-electron chi connectivity index (χ3n) is 12.9. The van der Waals surface area contributed by atoms with Crippen LogP contribution in [0.4, 0.5) is 0 Å². The fourth-order valence-corrected chi connectivity index (χ4v) is 10.0. The SMILES string of the molecule is CC1(C)c2cc(-c3ccccc3)ccc2-c2ccc(-c3c4ccccc4c(-c4ccc5c(c4)C(C)(C)c4cc(-c6ccccc6)ccc4-5)c4ncccc34)cc21. The predicted octanol–water partition coefficient (Wildman–Crippen LogP) is 14.7. The molecule has 0 unspecified atom stereocenters. The minimum absolute atomic E-state index is 0.147. The summed E-state index contributed by atoms with van der Waals surface area (Å²) in [5.41, 5.74) is 21.5. The maximum Gasteiger partial charge on any atom is 0.0792 e. The molecule has 1 heterocycles. The molecule has 0 bridgehead atoms. The van der Waals surface area contributed by atoms with Crippen molar-refractivity contribution in [1.29, 1.82) is 0 Å². The minimum Gasteiger partial charge on any atom is -0.256 e. The van der Waals surface area contributed by atoms with E-state index in [1.165, 1.54) is 105 Å². The van der Waals surface area contributed by atoms with Crippen LogP contribution in [0.25, 0.3) is 88.4 Å². The molecule has 1 nitrogen and oxygen atoms in total. The number of fused-ring (bicyclic) bond motifs is 8. The quantitative estimate of drug-likeness (QED) is 0.165. The lowest BCUT2D eigenvalue weighted by Gasteiger charge is -2.24. The summed E-state index contributed by atoms with van der Waals surface area (Å²) in [6.07, 6.45) is 1.95. The molecule has 0 saturated heterocycles. The summed E-state index contributed by atoms with van der Waals surface area (Å²) in [6, 6.07) is 63.1. The standard InChI is InChI=1S/C55H41N/c1-54(2)47-30-36(34-14-7-5-8-15-34)21-25-40(47)42-27-23-38(32-49(42)54)51-44-18-11-12-19-45(44)52(53-46(51)20-13-29-56-53)39-24-28-43-41-26-22-37(35-16-9-6-10-17-35)31-48(41)55(3,4)50(43)33-39/h5-33H,1-4H3. The van der Waals surface area contributed by atoms with E-state index in [9.17, 15) is 0 Å². The Labute approximate surface area is 329 Å². The van der Waals surface area contributed by atoms with E-state index in [-0.39, 0.29) is 10.8 Å². The van der Waals surface area contributed by atoms with Gasteiger partial charge in [-0.1, -0.05) is 167 Å². The monoisotopic (exact) mass is 715 g/mol. The number of benzene rings is 8. The van der Waals surface area contributed by atoms with Gasteiger partial charge in [0.25, 0.3) is 0 Å². The molecule has 2 aliphatic rings. The molecule has 1 aromatic heterocycles. The van der Waals surface area contributed by atoms with Gasteiger partial charge < -0.3 is 0 Å². The fraction of sp³-hybridized carbons (Fsp3) is 0.109. The molecule has 266 valence electrons. The zero-order chi connectivity index (χ0) is 37.8. The second-order valence-corrected chi connectivity index (χ2v) is 16.7. The van der Waals surface area contributed by atoms with Crippen LogP contribution in [0.1, 0.15) is 49.9 Å². The Kier molecular flexibility index (Phi) is 7.01. The van der Waals surface area contributed by atoms with Gasteiger partial charge in [0.2, 0.25) is 0 Å². The number of aromatic nitrogens is 1. The van der Waals surface area contributed by atoms with E-state index < -0.39 is 0 Å². The van der Waals surface area contributed by atoms with Gasteiger partial charge in [0.1, 0.15) is 0 Å². The van der Waals surface area contributed by atoms with Gasteiger partial charge in [-0.05, 0) is 125 Å². The van der Waals surface area contributed by atoms with Gasteiger partial charge in [-0.3, -0.25) is 4.98 Å². The van der Waals surface area contributed by atoms with Crippen LogP contribution in [-0.4, -0.2) is 4.98 Å².